The first-order valence-electron chi connectivity index (χ1n) is 18.4. The van der Waals surface area contributed by atoms with Crippen molar-refractivity contribution in [3.63, 3.8) is 0 Å². The molecular formula is C40H46N5O10P. The maximum atomic E-state index is 13.0. The Morgan fingerprint density at radius 2 is 1.43 bits per heavy atom. The number of rotatable bonds is 16. The molecule has 0 radical (unpaired) electrons. The number of nitrogens with zero attached hydrogens (tertiary/aromatic N) is 4. The van der Waals surface area contributed by atoms with Gasteiger partial charge in [0.15, 0.2) is 29.0 Å². The first kappa shape index (κ1) is 39.3. The van der Waals surface area contributed by atoms with Gasteiger partial charge in [-0.15, -0.1) is 0 Å². The molecule has 1 N–H and O–H groups in total. The van der Waals surface area contributed by atoms with Crippen LogP contribution in [-0.2, 0) is 42.9 Å². The summed E-state index contributed by atoms with van der Waals surface area (Å²) in [7, 11) is -0.391. The molecule has 0 aliphatic carbocycles. The molecule has 7 rings (SSSR count). The number of hydrogen-bond acceptors (Lipinski definition) is 14. The summed E-state index contributed by atoms with van der Waals surface area (Å²) < 4.78 is 61.0. The summed E-state index contributed by atoms with van der Waals surface area (Å²) in [4.78, 5) is 27.1. The minimum atomic E-state index is -3.66. The molecule has 5 aromatic rings. The third-order valence-corrected chi connectivity index (χ3v) is 11.6. The normalized spacial score (nSPS) is 20.5. The van der Waals surface area contributed by atoms with Crippen LogP contribution < -0.4 is 14.8 Å². The fraction of sp³-hybridized carbons (Fsp3) is 0.400. The zero-order valence-corrected chi connectivity index (χ0v) is 33.0. The number of benzene rings is 3. The third kappa shape index (κ3) is 7.75. The quantitative estimate of drug-likeness (QED) is 0.0657. The highest BCUT2D eigenvalue weighted by Gasteiger charge is 2.56. The van der Waals surface area contributed by atoms with E-state index in [1.165, 1.54) is 6.33 Å². The number of nitrogens with one attached hydrogen (secondary N) is 1. The minimum absolute atomic E-state index is 0.123. The Kier molecular flexibility index (Phi) is 11.5. The Balaban J connectivity index is 1.24. The molecule has 15 nitrogen and oxygen atoms in total. The van der Waals surface area contributed by atoms with Crippen LogP contribution in [0.2, 0.25) is 0 Å². The van der Waals surface area contributed by atoms with Crippen molar-refractivity contribution in [2.75, 3.05) is 45.5 Å². The Labute approximate surface area is 325 Å². The smallest absolute Gasteiger partial charge is 0.341 e. The number of imidazole rings is 1. The van der Waals surface area contributed by atoms with E-state index < -0.39 is 55.6 Å². The lowest BCUT2D eigenvalue weighted by molar-refractivity contribution is -0.201. The largest absolute Gasteiger partial charge is 0.497 e. The van der Waals surface area contributed by atoms with Crippen LogP contribution in [0.1, 0.15) is 50.6 Å². The lowest BCUT2D eigenvalue weighted by Gasteiger charge is -2.37. The van der Waals surface area contributed by atoms with E-state index in [1.807, 2.05) is 80.6 Å². The Hall–Kier alpha value is -4.89. The van der Waals surface area contributed by atoms with E-state index in [4.69, 9.17) is 47.4 Å². The molecule has 2 saturated heterocycles. The average molecular weight is 788 g/mol. The fourth-order valence-corrected chi connectivity index (χ4v) is 8.76. The van der Waals surface area contributed by atoms with Crippen molar-refractivity contribution in [2.45, 2.75) is 63.6 Å². The number of methoxy groups -OCH3 is 2. The van der Waals surface area contributed by atoms with Crippen molar-refractivity contribution < 1.29 is 46.8 Å². The molecule has 3 aromatic carbocycles. The van der Waals surface area contributed by atoms with Gasteiger partial charge in [-0.25, -0.2) is 15.0 Å². The molecule has 2 aliphatic heterocycles. The highest BCUT2D eigenvalue weighted by molar-refractivity contribution is 7.54. The number of fused-ring (bicyclic) bond motifs is 2. The van der Waals surface area contributed by atoms with Gasteiger partial charge < -0.3 is 42.8 Å². The van der Waals surface area contributed by atoms with Gasteiger partial charge in [0, 0.05) is 0 Å². The van der Waals surface area contributed by atoms with E-state index in [1.54, 1.807) is 39.0 Å². The minimum Gasteiger partial charge on any atom is -0.497 e. The Morgan fingerprint density at radius 1 is 0.839 bits per heavy atom. The van der Waals surface area contributed by atoms with Gasteiger partial charge in [0.05, 0.1) is 33.8 Å². The summed E-state index contributed by atoms with van der Waals surface area (Å²) in [5, 5.41) is 3.79. The van der Waals surface area contributed by atoms with Gasteiger partial charge in [0.25, 0.3) is 0 Å². The second kappa shape index (κ2) is 16.3. The zero-order valence-electron chi connectivity index (χ0n) is 32.1. The Morgan fingerprint density at radius 3 is 2.02 bits per heavy atom. The molecular weight excluding hydrogens is 741 g/mol. The predicted molar refractivity (Wildman–Crippen MR) is 206 cm³/mol. The van der Waals surface area contributed by atoms with E-state index in [0.29, 0.717) is 28.5 Å². The standard InChI is InChI=1S/C40H46N5O10P/c1-7-51-56(47,52-8-2)23-32(46)50-22-31-34-35(55-39(3,4)54-34)38(53-31)45-25-43-33-36(41-24-42-37(33)45)44-40(26-12-10-9-11-13-26,27-14-18-29(48-5)19-15-27)28-16-20-30(49-6)21-17-28/h9-21,24-25,31,34-35,38H,7-8,22-23H2,1-6H3,(H,41,42,44)/t31-,34-,35-,38-/m1/s1. The molecule has 296 valence electrons. The second-order valence-electron chi connectivity index (χ2n) is 13.7. The maximum absolute atomic E-state index is 13.0. The van der Waals surface area contributed by atoms with Crippen LogP contribution in [0.25, 0.3) is 11.2 Å². The molecule has 0 spiro atoms. The summed E-state index contributed by atoms with van der Waals surface area (Å²) in [6.07, 6.45) is -0.158. The molecule has 56 heavy (non-hydrogen) atoms. The highest BCUT2D eigenvalue weighted by atomic mass is 31.2. The van der Waals surface area contributed by atoms with Crippen LogP contribution in [0.5, 0.6) is 11.5 Å². The summed E-state index contributed by atoms with van der Waals surface area (Å²) in [6, 6.07) is 25.8. The van der Waals surface area contributed by atoms with Crippen LogP contribution >= 0.6 is 7.60 Å². The monoisotopic (exact) mass is 787 g/mol. The number of carbonyl (C=O) groups is 1. The molecule has 4 atom stereocenters. The van der Waals surface area contributed by atoms with Crippen molar-refractivity contribution in [2.24, 2.45) is 0 Å². The van der Waals surface area contributed by atoms with Crippen LogP contribution in [0.15, 0.2) is 91.5 Å². The Bertz CT molecular complexity index is 2110. The second-order valence-corrected chi connectivity index (χ2v) is 15.7. The van der Waals surface area contributed by atoms with E-state index in [0.717, 1.165) is 16.7 Å². The maximum Gasteiger partial charge on any atom is 0.341 e. The predicted octanol–water partition coefficient (Wildman–Crippen LogP) is 6.47. The van der Waals surface area contributed by atoms with Crippen LogP contribution in [0, 0.1) is 0 Å². The van der Waals surface area contributed by atoms with Crippen LogP contribution in [0.4, 0.5) is 5.82 Å². The van der Waals surface area contributed by atoms with Crippen molar-refractivity contribution >= 4 is 30.5 Å². The van der Waals surface area contributed by atoms with Crippen molar-refractivity contribution in [1.82, 2.24) is 19.5 Å². The molecule has 4 heterocycles. The number of aromatic nitrogens is 4. The average Bonchev–Trinajstić information content (AvgIpc) is 3.87. The number of anilines is 1. The zero-order chi connectivity index (χ0) is 39.5. The molecule has 0 unspecified atom stereocenters. The van der Waals surface area contributed by atoms with E-state index in [9.17, 15) is 9.36 Å². The number of carbonyl (C=O) groups excluding carboxylic acids is 1. The summed E-state index contributed by atoms with van der Waals surface area (Å²) in [5.41, 5.74) is 2.74. The first-order valence-corrected chi connectivity index (χ1v) is 20.1. The molecule has 0 saturated carbocycles. The van der Waals surface area contributed by atoms with E-state index >= 15 is 0 Å². The molecule has 0 amide bonds. The molecule has 2 aliphatic rings. The van der Waals surface area contributed by atoms with Crippen molar-refractivity contribution in [3.05, 3.63) is 108 Å². The van der Waals surface area contributed by atoms with Gasteiger partial charge in [-0.2, -0.15) is 0 Å². The molecule has 2 fully saturated rings. The summed E-state index contributed by atoms with van der Waals surface area (Å²) in [6.45, 7) is 7.02. The van der Waals surface area contributed by atoms with Crippen LogP contribution in [0.3, 0.4) is 0 Å². The third-order valence-electron chi connectivity index (χ3n) is 9.70. The fourth-order valence-electron chi connectivity index (χ4n) is 7.31. The van der Waals surface area contributed by atoms with E-state index in [2.05, 4.69) is 22.4 Å². The summed E-state index contributed by atoms with van der Waals surface area (Å²) >= 11 is 0. The molecule has 16 heteroatoms. The van der Waals surface area contributed by atoms with E-state index in [-0.39, 0.29) is 19.8 Å². The van der Waals surface area contributed by atoms with Gasteiger partial charge in [0.2, 0.25) is 0 Å². The van der Waals surface area contributed by atoms with Gasteiger partial charge in [-0.1, -0.05) is 54.6 Å². The van der Waals surface area contributed by atoms with Gasteiger partial charge in [-0.05, 0) is 68.7 Å². The van der Waals surface area contributed by atoms with Gasteiger partial charge in [0.1, 0.15) is 54.4 Å². The van der Waals surface area contributed by atoms with Crippen LogP contribution in [-0.4, -0.2) is 89.8 Å². The highest BCUT2D eigenvalue weighted by Crippen LogP contribution is 2.49. The topological polar surface area (TPSA) is 164 Å². The molecule has 0 bridgehead atoms. The SMILES string of the molecule is CCOP(=O)(CC(=O)OC[C@H]1O[C@@H](n2cnc3c(NC(c4ccccc4)(c4ccc(OC)cc4)c4ccc(OC)cc4)ncnc32)[C@@H]2OC(C)(C)O[C@@H]21)OCC. The van der Waals surface area contributed by atoms with Gasteiger partial charge >= 0.3 is 13.6 Å². The number of ether oxygens (including phenoxy) is 6. The lowest BCUT2D eigenvalue weighted by atomic mass is 9.77. The van der Waals surface area contributed by atoms with Crippen molar-refractivity contribution in [1.29, 1.82) is 0 Å². The van der Waals surface area contributed by atoms with Crippen molar-refractivity contribution in [3.8, 4) is 11.5 Å². The first-order chi connectivity index (χ1) is 27.0. The lowest BCUT2D eigenvalue weighted by Crippen LogP contribution is -2.38. The number of hydrogen-bond donors (Lipinski definition) is 1. The number of esters is 1. The van der Waals surface area contributed by atoms with Gasteiger partial charge in [-0.3, -0.25) is 13.9 Å². The molecule has 2 aromatic heterocycles. The summed E-state index contributed by atoms with van der Waals surface area (Å²) in [5.74, 6) is 0.191.